The lowest BCUT2D eigenvalue weighted by atomic mass is 9.89. The lowest BCUT2D eigenvalue weighted by Gasteiger charge is -2.44. The summed E-state index contributed by atoms with van der Waals surface area (Å²) in [5.74, 6) is -6.22. The second-order valence-electron chi connectivity index (χ2n) is 23.1. The molecule has 0 spiro atoms. The number of carbonyl (C=O) groups excluding carboxylic acids is 12. The summed E-state index contributed by atoms with van der Waals surface area (Å²) in [7, 11) is 10.4. The minimum Gasteiger partial charge on any atom is -0.368 e. The molecular weight excluding hydrogens is 1020 g/mol. The standard InChI is InChI=1S/C55H92N12O12/c1-14-35(5)29-43(69)61(10)36(6)50(75)67-27-23-39(67)52(77)65(15-2)33-46(72)60(9)32-42(68)57-31-45(71)66-26-22-38(66)49(74)58-55(24-18-19-25-55)54(79)64(13)47(37-20-16-17-21-37)53(78)63(12)41(51(76)59(7)8)30-44(70)62(11)40(48(56)73)28-34(3)4/h34-41,47H,14-33H2,1-13H3,(H2,56,73)(H,57,68)(H,58,74)/t35-,36-,38?,39-,40?,41-,47-/m0/s1. The maximum atomic E-state index is 14.9. The zero-order valence-electron chi connectivity index (χ0n) is 49.3. The van der Waals surface area contributed by atoms with Crippen LogP contribution < -0.4 is 16.4 Å². The van der Waals surface area contributed by atoms with Crippen molar-refractivity contribution in [1.29, 1.82) is 0 Å². The van der Waals surface area contributed by atoms with Gasteiger partial charge in [-0.15, -0.1) is 0 Å². The first-order valence-corrected chi connectivity index (χ1v) is 28.3. The van der Waals surface area contributed by atoms with Crippen molar-refractivity contribution in [3.63, 3.8) is 0 Å². The fraction of sp³-hybridized carbons (Fsp3) is 0.782. The maximum absolute atomic E-state index is 14.9. The van der Waals surface area contributed by atoms with E-state index in [1.165, 1.54) is 81.5 Å². The molecule has 12 amide bonds. The number of rotatable bonds is 27. The largest absolute Gasteiger partial charge is 0.368 e. The summed E-state index contributed by atoms with van der Waals surface area (Å²) in [5, 5.41) is 5.50. The monoisotopic (exact) mass is 1110 g/mol. The lowest BCUT2D eigenvalue weighted by molar-refractivity contribution is -0.158. The molecule has 2 aliphatic heterocycles. The third-order valence-corrected chi connectivity index (χ3v) is 16.9. The molecule has 2 unspecified atom stereocenters. The van der Waals surface area contributed by atoms with Crippen LogP contribution in [0.25, 0.3) is 0 Å². The van der Waals surface area contributed by atoms with Gasteiger partial charge in [-0.3, -0.25) is 57.5 Å². The van der Waals surface area contributed by atoms with E-state index in [9.17, 15) is 57.5 Å². The van der Waals surface area contributed by atoms with Crippen LogP contribution in [0.1, 0.15) is 131 Å². The summed E-state index contributed by atoms with van der Waals surface area (Å²) < 4.78 is 0. The van der Waals surface area contributed by atoms with Crippen molar-refractivity contribution in [3.8, 4) is 0 Å². The number of hydrogen-bond donors (Lipinski definition) is 3. The Morgan fingerprint density at radius 3 is 1.73 bits per heavy atom. The van der Waals surface area contributed by atoms with Crippen molar-refractivity contribution in [1.82, 2.24) is 54.7 Å². The van der Waals surface area contributed by atoms with E-state index in [1.54, 1.807) is 20.9 Å². The van der Waals surface area contributed by atoms with Crippen LogP contribution in [0.4, 0.5) is 0 Å². The fourth-order valence-corrected chi connectivity index (χ4v) is 11.1. The van der Waals surface area contributed by atoms with Gasteiger partial charge in [0.05, 0.1) is 26.1 Å². The third kappa shape index (κ3) is 15.9. The predicted octanol–water partition coefficient (Wildman–Crippen LogP) is 0.00430. The molecule has 0 aromatic rings. The minimum atomic E-state index is -1.41. The molecule has 2 aliphatic carbocycles. The molecule has 0 radical (unpaired) electrons. The summed E-state index contributed by atoms with van der Waals surface area (Å²) in [5.41, 5.74) is 4.27. The number of nitrogens with one attached hydrogen (secondary N) is 2. The Balaban J connectivity index is 1.37. The van der Waals surface area contributed by atoms with Crippen LogP contribution in [0, 0.1) is 17.8 Å². The van der Waals surface area contributed by atoms with E-state index in [-0.39, 0.29) is 68.5 Å². The Morgan fingerprint density at radius 2 is 1.23 bits per heavy atom. The van der Waals surface area contributed by atoms with E-state index in [0.717, 1.165) is 24.2 Å². The Kier molecular flexibility index (Phi) is 23.7. The predicted molar refractivity (Wildman–Crippen MR) is 292 cm³/mol. The lowest BCUT2D eigenvalue weighted by Crippen LogP contribution is -2.67. The molecule has 4 aliphatic rings. The average molecular weight is 1110 g/mol. The molecule has 4 rings (SSSR count). The summed E-state index contributed by atoms with van der Waals surface area (Å²) in [4.78, 5) is 175. The normalized spacial score (nSPS) is 19.5. The number of likely N-dealkylation sites (tertiary alicyclic amines) is 2. The van der Waals surface area contributed by atoms with Gasteiger partial charge in [0.15, 0.2) is 0 Å². The van der Waals surface area contributed by atoms with E-state index in [2.05, 4.69) is 10.6 Å². The molecule has 24 heteroatoms. The van der Waals surface area contributed by atoms with Gasteiger partial charge in [0, 0.05) is 75.4 Å². The summed E-state index contributed by atoms with van der Waals surface area (Å²) >= 11 is 0. The van der Waals surface area contributed by atoms with Gasteiger partial charge in [-0.1, -0.05) is 59.8 Å². The van der Waals surface area contributed by atoms with Crippen molar-refractivity contribution >= 4 is 70.9 Å². The summed E-state index contributed by atoms with van der Waals surface area (Å²) in [6, 6.07) is -5.80. The third-order valence-electron chi connectivity index (χ3n) is 16.9. The topological polar surface area (TPSA) is 284 Å². The number of hydrogen-bond acceptors (Lipinski definition) is 12. The Hall–Kier alpha value is -6.36. The molecule has 2 heterocycles. The molecule has 79 heavy (non-hydrogen) atoms. The first kappa shape index (κ1) is 65.2. The van der Waals surface area contributed by atoms with Crippen LogP contribution in [0.5, 0.6) is 0 Å². The molecule has 7 atom stereocenters. The summed E-state index contributed by atoms with van der Waals surface area (Å²) in [6.07, 6.45) is 6.27. The van der Waals surface area contributed by atoms with Crippen LogP contribution in [0.3, 0.4) is 0 Å². The highest BCUT2D eigenvalue weighted by Crippen LogP contribution is 2.37. The van der Waals surface area contributed by atoms with Crippen LogP contribution in [0.15, 0.2) is 0 Å². The Bertz CT molecular complexity index is 2270. The quantitative estimate of drug-likeness (QED) is 0.0981. The van der Waals surface area contributed by atoms with Gasteiger partial charge in [0.25, 0.3) is 0 Å². The van der Waals surface area contributed by atoms with Gasteiger partial charge in [0.2, 0.25) is 70.9 Å². The molecule has 2 saturated heterocycles. The number of primary amides is 1. The van der Waals surface area contributed by atoms with Crippen LogP contribution >= 0.6 is 0 Å². The van der Waals surface area contributed by atoms with Crippen molar-refractivity contribution in [2.24, 2.45) is 23.5 Å². The van der Waals surface area contributed by atoms with E-state index in [1.807, 2.05) is 27.7 Å². The van der Waals surface area contributed by atoms with E-state index in [0.29, 0.717) is 51.5 Å². The van der Waals surface area contributed by atoms with E-state index < -0.39 is 120 Å². The van der Waals surface area contributed by atoms with Gasteiger partial charge in [0.1, 0.15) is 41.8 Å². The number of likely N-dealkylation sites (N-methyl/N-ethyl adjacent to an activating group) is 7. The van der Waals surface area contributed by atoms with Crippen molar-refractivity contribution in [2.75, 3.05) is 88.6 Å². The summed E-state index contributed by atoms with van der Waals surface area (Å²) in [6.45, 7) is 10.5. The maximum Gasteiger partial charge on any atom is 0.248 e. The minimum absolute atomic E-state index is 0.0275. The zero-order valence-corrected chi connectivity index (χ0v) is 49.3. The van der Waals surface area contributed by atoms with Crippen LogP contribution in [-0.4, -0.2) is 245 Å². The smallest absolute Gasteiger partial charge is 0.248 e. The number of nitrogens with zero attached hydrogens (tertiary/aromatic N) is 9. The first-order valence-electron chi connectivity index (χ1n) is 28.3. The molecule has 4 N–H and O–H groups in total. The molecule has 24 nitrogen and oxygen atoms in total. The highest BCUT2D eigenvalue weighted by atomic mass is 16.2. The highest BCUT2D eigenvalue weighted by Gasteiger charge is 2.51. The second kappa shape index (κ2) is 28.7. The van der Waals surface area contributed by atoms with Gasteiger partial charge >= 0.3 is 0 Å². The number of amides is 12. The molecule has 2 saturated carbocycles. The Morgan fingerprint density at radius 1 is 0.646 bits per heavy atom. The van der Waals surface area contributed by atoms with Gasteiger partial charge in [-0.2, -0.15) is 0 Å². The number of nitrogens with two attached hydrogens (primary N) is 1. The SMILES string of the molecule is CC[C@H](C)CC(=O)N(C)[C@@H](C)C(=O)N1CC[C@H]1C(=O)N(CC)CC(=O)N(C)CC(=O)NCC(=O)N1CCC1C(=O)NC1(C(=O)N(C)[C@H](C(=O)N(C)[C@@H](CC(=O)N(C)C(CC(C)C)C(N)=O)C(=O)N(C)C)C2CCCC2)CCCC1. The first-order chi connectivity index (χ1) is 37.0. The molecule has 0 bridgehead atoms. The van der Waals surface area contributed by atoms with Gasteiger partial charge in [-0.25, -0.2) is 0 Å². The second-order valence-corrected chi connectivity index (χ2v) is 23.1. The molecule has 4 fully saturated rings. The highest BCUT2D eigenvalue weighted by molar-refractivity contribution is 6.00. The van der Waals surface area contributed by atoms with Gasteiger partial charge < -0.3 is 60.5 Å². The van der Waals surface area contributed by atoms with Crippen molar-refractivity contribution < 1.29 is 57.5 Å². The average Bonchev–Trinajstić information content (AvgIpc) is 4.11. The van der Waals surface area contributed by atoms with Crippen molar-refractivity contribution in [3.05, 3.63) is 0 Å². The van der Waals surface area contributed by atoms with E-state index >= 15 is 0 Å². The molecule has 0 aromatic carbocycles. The van der Waals surface area contributed by atoms with E-state index in [4.69, 9.17) is 5.73 Å². The number of carbonyl (C=O) groups is 12. The fourth-order valence-electron chi connectivity index (χ4n) is 11.1. The molecule has 0 aromatic heterocycles. The van der Waals surface area contributed by atoms with Crippen LogP contribution in [-0.2, 0) is 57.5 Å². The Labute approximate surface area is 467 Å². The van der Waals surface area contributed by atoms with Gasteiger partial charge in [-0.05, 0) is 76.5 Å². The van der Waals surface area contributed by atoms with Crippen LogP contribution in [0.2, 0.25) is 0 Å². The molecule has 444 valence electrons. The molecular formula is C55H92N12O12. The van der Waals surface area contributed by atoms with Crippen molar-refractivity contribution in [2.45, 2.75) is 173 Å². The zero-order chi connectivity index (χ0) is 59.4.